The largest absolute Gasteiger partial charge is 0.326 e. The Morgan fingerprint density at radius 3 is 1.75 bits per heavy atom. The molecular weight excluding hydrogens is 302 g/mol. The van der Waals surface area contributed by atoms with Gasteiger partial charge in [0.1, 0.15) is 6.04 Å². The van der Waals surface area contributed by atoms with E-state index in [9.17, 15) is 9.59 Å². The molecule has 2 rings (SSSR count). The molecule has 0 saturated heterocycles. The summed E-state index contributed by atoms with van der Waals surface area (Å²) in [5.41, 5.74) is 9.19. The minimum atomic E-state index is -0.731. The van der Waals surface area contributed by atoms with Crippen molar-refractivity contribution in [2.24, 2.45) is 11.7 Å². The van der Waals surface area contributed by atoms with E-state index >= 15 is 0 Å². The molecule has 0 fully saturated rings. The summed E-state index contributed by atoms with van der Waals surface area (Å²) in [5, 5.41) is 5.58. The van der Waals surface area contributed by atoms with Gasteiger partial charge in [-0.3, -0.25) is 9.59 Å². The third-order valence-corrected chi connectivity index (χ3v) is 3.66. The van der Waals surface area contributed by atoms with Crippen LogP contribution >= 0.6 is 0 Å². The number of amides is 2. The molecule has 126 valence electrons. The molecule has 0 radical (unpaired) electrons. The second-order valence-electron chi connectivity index (χ2n) is 6.10. The predicted molar refractivity (Wildman–Crippen MR) is 96.6 cm³/mol. The van der Waals surface area contributed by atoms with Crippen LogP contribution in [-0.2, 0) is 9.59 Å². The van der Waals surface area contributed by atoms with Crippen LogP contribution in [0.25, 0.3) is 0 Å². The first-order valence-corrected chi connectivity index (χ1v) is 7.91. The van der Waals surface area contributed by atoms with Crippen LogP contribution in [0.1, 0.15) is 31.0 Å². The lowest BCUT2D eigenvalue weighted by Crippen LogP contribution is -2.27. The fourth-order valence-electron chi connectivity index (χ4n) is 2.07. The van der Waals surface area contributed by atoms with Gasteiger partial charge in [-0.25, -0.2) is 0 Å². The van der Waals surface area contributed by atoms with Crippen LogP contribution in [0.5, 0.6) is 0 Å². The van der Waals surface area contributed by atoms with Crippen molar-refractivity contribution in [2.75, 3.05) is 10.6 Å². The van der Waals surface area contributed by atoms with Gasteiger partial charge in [-0.2, -0.15) is 0 Å². The van der Waals surface area contributed by atoms with Crippen LogP contribution in [-0.4, -0.2) is 11.8 Å². The lowest BCUT2D eigenvalue weighted by atomic mass is 10.1. The van der Waals surface area contributed by atoms with E-state index in [1.54, 1.807) is 24.3 Å². The van der Waals surface area contributed by atoms with Gasteiger partial charge in [0.05, 0.1) is 0 Å². The molecule has 5 heteroatoms. The van der Waals surface area contributed by atoms with Gasteiger partial charge >= 0.3 is 0 Å². The molecule has 0 aliphatic rings. The summed E-state index contributed by atoms with van der Waals surface area (Å²) in [6.45, 7) is 5.64. The van der Waals surface area contributed by atoms with Crippen molar-refractivity contribution in [3.8, 4) is 0 Å². The summed E-state index contributed by atoms with van der Waals surface area (Å²) in [6, 6.07) is 13.8. The highest BCUT2D eigenvalue weighted by atomic mass is 16.2. The number of benzene rings is 2. The third kappa shape index (κ3) is 4.67. The molecule has 0 spiro atoms. The molecule has 0 bridgehead atoms. The van der Waals surface area contributed by atoms with Gasteiger partial charge in [0.2, 0.25) is 11.8 Å². The van der Waals surface area contributed by atoms with Gasteiger partial charge in [-0.15, -0.1) is 0 Å². The highest BCUT2D eigenvalue weighted by Crippen LogP contribution is 2.17. The number of hydrogen-bond donors (Lipinski definition) is 3. The number of carbonyl (C=O) groups is 2. The number of nitrogens with one attached hydrogen (secondary N) is 2. The van der Waals surface area contributed by atoms with Crippen molar-refractivity contribution >= 4 is 23.2 Å². The summed E-state index contributed by atoms with van der Waals surface area (Å²) in [4.78, 5) is 23.9. The normalized spacial score (nSPS) is 11.9. The number of nitrogens with two attached hydrogens (primary N) is 1. The highest BCUT2D eigenvalue weighted by molar-refractivity contribution is 5.96. The lowest BCUT2D eigenvalue weighted by molar-refractivity contribution is -0.119. The Balaban J connectivity index is 1.98. The molecule has 5 nitrogen and oxygen atoms in total. The summed E-state index contributed by atoms with van der Waals surface area (Å²) in [7, 11) is 0. The lowest BCUT2D eigenvalue weighted by Gasteiger charge is -2.13. The summed E-state index contributed by atoms with van der Waals surface area (Å²) in [6.07, 6.45) is 0. The SMILES string of the molecule is Cc1ccc(C(N)C(=O)Nc2ccc(NC(=O)C(C)C)cc2)cc1. The maximum Gasteiger partial charge on any atom is 0.245 e. The number of rotatable bonds is 5. The van der Waals surface area contributed by atoms with Gasteiger partial charge in [0.25, 0.3) is 0 Å². The molecule has 2 aromatic rings. The Bertz CT molecular complexity index is 706. The van der Waals surface area contributed by atoms with Crippen LogP contribution in [0.15, 0.2) is 48.5 Å². The van der Waals surface area contributed by atoms with E-state index in [1.165, 1.54) is 0 Å². The van der Waals surface area contributed by atoms with Gasteiger partial charge in [-0.05, 0) is 36.8 Å². The van der Waals surface area contributed by atoms with E-state index in [2.05, 4.69) is 10.6 Å². The zero-order valence-electron chi connectivity index (χ0n) is 14.2. The van der Waals surface area contributed by atoms with E-state index < -0.39 is 6.04 Å². The van der Waals surface area contributed by atoms with E-state index in [4.69, 9.17) is 5.73 Å². The Kier molecular flexibility index (Phi) is 5.71. The predicted octanol–water partition coefficient (Wildman–Crippen LogP) is 3.23. The zero-order chi connectivity index (χ0) is 17.7. The smallest absolute Gasteiger partial charge is 0.245 e. The van der Waals surface area contributed by atoms with Crippen molar-refractivity contribution in [2.45, 2.75) is 26.8 Å². The molecular formula is C19H23N3O2. The molecule has 2 aromatic carbocycles. The number of aryl methyl sites for hydroxylation is 1. The van der Waals surface area contributed by atoms with E-state index in [-0.39, 0.29) is 17.7 Å². The molecule has 1 unspecified atom stereocenters. The minimum absolute atomic E-state index is 0.0480. The van der Waals surface area contributed by atoms with Gasteiger partial charge in [-0.1, -0.05) is 43.7 Å². The maximum atomic E-state index is 12.2. The van der Waals surface area contributed by atoms with Gasteiger partial charge in [0, 0.05) is 17.3 Å². The van der Waals surface area contributed by atoms with Crippen LogP contribution in [0.2, 0.25) is 0 Å². The monoisotopic (exact) mass is 325 g/mol. The van der Waals surface area contributed by atoms with Crippen molar-refractivity contribution in [1.82, 2.24) is 0 Å². The minimum Gasteiger partial charge on any atom is -0.326 e. The number of hydrogen-bond acceptors (Lipinski definition) is 3. The Morgan fingerprint density at radius 2 is 1.29 bits per heavy atom. The van der Waals surface area contributed by atoms with Gasteiger partial charge in [0.15, 0.2) is 0 Å². The van der Waals surface area contributed by atoms with Crippen molar-refractivity contribution in [3.63, 3.8) is 0 Å². The molecule has 24 heavy (non-hydrogen) atoms. The fraction of sp³-hybridized carbons (Fsp3) is 0.263. The molecule has 0 aliphatic heterocycles. The van der Waals surface area contributed by atoms with Crippen molar-refractivity contribution < 1.29 is 9.59 Å². The average molecular weight is 325 g/mol. The van der Waals surface area contributed by atoms with Gasteiger partial charge < -0.3 is 16.4 Å². The Morgan fingerprint density at radius 1 is 0.833 bits per heavy atom. The molecule has 0 heterocycles. The van der Waals surface area contributed by atoms with E-state index in [0.717, 1.165) is 11.1 Å². The Labute approximate surface area is 142 Å². The molecule has 0 aliphatic carbocycles. The van der Waals surface area contributed by atoms with Crippen LogP contribution < -0.4 is 16.4 Å². The fourth-order valence-corrected chi connectivity index (χ4v) is 2.07. The second kappa shape index (κ2) is 7.75. The number of anilines is 2. The molecule has 1 atom stereocenters. The third-order valence-electron chi connectivity index (χ3n) is 3.66. The first-order valence-electron chi connectivity index (χ1n) is 7.91. The molecule has 0 aromatic heterocycles. The molecule has 4 N–H and O–H groups in total. The van der Waals surface area contributed by atoms with Crippen LogP contribution in [0.4, 0.5) is 11.4 Å². The van der Waals surface area contributed by atoms with E-state index in [1.807, 2.05) is 45.0 Å². The Hall–Kier alpha value is -2.66. The second-order valence-corrected chi connectivity index (χ2v) is 6.10. The topological polar surface area (TPSA) is 84.2 Å². The molecule has 2 amide bonds. The van der Waals surface area contributed by atoms with Crippen LogP contribution in [0.3, 0.4) is 0 Å². The van der Waals surface area contributed by atoms with E-state index in [0.29, 0.717) is 11.4 Å². The van der Waals surface area contributed by atoms with Crippen molar-refractivity contribution in [3.05, 3.63) is 59.7 Å². The first kappa shape index (κ1) is 17.7. The highest BCUT2D eigenvalue weighted by Gasteiger charge is 2.15. The first-order chi connectivity index (χ1) is 11.4. The standard InChI is InChI=1S/C19H23N3O2/c1-12(2)18(23)21-15-8-10-16(11-9-15)22-19(24)17(20)14-6-4-13(3)5-7-14/h4-12,17H,20H2,1-3H3,(H,21,23)(H,22,24). The van der Waals surface area contributed by atoms with Crippen LogP contribution in [0, 0.1) is 12.8 Å². The quantitative estimate of drug-likeness (QED) is 0.789. The van der Waals surface area contributed by atoms with Crippen molar-refractivity contribution in [1.29, 1.82) is 0 Å². The number of carbonyl (C=O) groups excluding carboxylic acids is 2. The average Bonchev–Trinajstić information content (AvgIpc) is 2.56. The molecule has 0 saturated carbocycles. The summed E-state index contributed by atoms with van der Waals surface area (Å²) in [5.74, 6) is -0.414. The summed E-state index contributed by atoms with van der Waals surface area (Å²) >= 11 is 0. The zero-order valence-corrected chi connectivity index (χ0v) is 14.2. The summed E-state index contributed by atoms with van der Waals surface area (Å²) < 4.78 is 0. The maximum absolute atomic E-state index is 12.2.